The molecule has 1 heterocycles. The van der Waals surface area contributed by atoms with Gasteiger partial charge in [-0.25, -0.2) is 4.98 Å². The Morgan fingerprint density at radius 1 is 1.00 bits per heavy atom. The Kier molecular flexibility index (Phi) is 4.31. The summed E-state index contributed by atoms with van der Waals surface area (Å²) in [5.74, 6) is 1.86. The third-order valence-electron chi connectivity index (χ3n) is 4.27. The average molecular weight is 329 g/mol. The summed E-state index contributed by atoms with van der Waals surface area (Å²) < 4.78 is 8.08. The van der Waals surface area contributed by atoms with Crippen LogP contribution in [-0.4, -0.2) is 16.2 Å². The summed E-state index contributed by atoms with van der Waals surface area (Å²) in [4.78, 5) is 4.66. The number of aryl methyl sites for hydroxylation is 4. The van der Waals surface area contributed by atoms with Crippen LogP contribution in [0.4, 0.5) is 0 Å². The molecule has 4 heteroatoms. The summed E-state index contributed by atoms with van der Waals surface area (Å²) in [7, 11) is 0. The summed E-state index contributed by atoms with van der Waals surface area (Å²) >= 11 is 6.04. The standard InChI is InChI=1S/C19H21ClN2O/c1-12-10-18-19(11-13(12)2)22(15(4)21-18)7-8-23-16-5-6-17(20)14(3)9-16/h5-6,9-11H,7-8H2,1-4H3. The van der Waals surface area contributed by atoms with Crippen molar-refractivity contribution < 1.29 is 4.74 Å². The lowest BCUT2D eigenvalue weighted by molar-refractivity contribution is 0.299. The van der Waals surface area contributed by atoms with Gasteiger partial charge in [-0.3, -0.25) is 0 Å². The predicted octanol–water partition coefficient (Wildman–Crippen LogP) is 5.00. The van der Waals surface area contributed by atoms with Crippen LogP contribution >= 0.6 is 11.6 Å². The number of ether oxygens (including phenoxy) is 1. The Hall–Kier alpha value is -2.00. The van der Waals surface area contributed by atoms with E-state index < -0.39 is 0 Å². The number of imidazole rings is 1. The summed E-state index contributed by atoms with van der Waals surface area (Å²) in [6.45, 7) is 9.64. The lowest BCUT2D eigenvalue weighted by Gasteiger charge is -2.11. The SMILES string of the molecule is Cc1cc2nc(C)n(CCOc3ccc(Cl)c(C)c3)c2cc1C. The summed E-state index contributed by atoms with van der Waals surface area (Å²) in [5, 5.41) is 0.764. The highest BCUT2D eigenvalue weighted by Gasteiger charge is 2.09. The van der Waals surface area contributed by atoms with E-state index in [0.29, 0.717) is 6.61 Å². The van der Waals surface area contributed by atoms with Crippen LogP contribution in [0.25, 0.3) is 11.0 Å². The molecule has 2 aromatic carbocycles. The topological polar surface area (TPSA) is 27.1 Å². The van der Waals surface area contributed by atoms with Crippen molar-refractivity contribution in [3.63, 3.8) is 0 Å². The van der Waals surface area contributed by atoms with E-state index in [-0.39, 0.29) is 0 Å². The minimum absolute atomic E-state index is 0.598. The van der Waals surface area contributed by atoms with Gasteiger partial charge < -0.3 is 9.30 Å². The number of benzene rings is 2. The number of hydrogen-bond acceptors (Lipinski definition) is 2. The zero-order valence-electron chi connectivity index (χ0n) is 14.0. The van der Waals surface area contributed by atoms with Crippen LogP contribution in [0.15, 0.2) is 30.3 Å². The molecule has 0 saturated carbocycles. The molecule has 0 unspecified atom stereocenters. The molecule has 120 valence electrons. The molecule has 0 amide bonds. The lowest BCUT2D eigenvalue weighted by Crippen LogP contribution is -2.09. The number of rotatable bonds is 4. The minimum atomic E-state index is 0.598. The first-order chi connectivity index (χ1) is 11.0. The van der Waals surface area contributed by atoms with Crippen LogP contribution in [0, 0.1) is 27.7 Å². The van der Waals surface area contributed by atoms with Gasteiger partial charge in [0, 0.05) is 5.02 Å². The second-order valence-corrected chi connectivity index (χ2v) is 6.40. The van der Waals surface area contributed by atoms with Crippen LogP contribution in [0.5, 0.6) is 5.75 Å². The predicted molar refractivity (Wildman–Crippen MR) is 95.6 cm³/mol. The van der Waals surface area contributed by atoms with Crippen LogP contribution in [0.3, 0.4) is 0 Å². The molecule has 3 rings (SSSR count). The van der Waals surface area contributed by atoms with Crippen molar-refractivity contribution in [1.82, 2.24) is 9.55 Å². The maximum Gasteiger partial charge on any atom is 0.119 e. The summed E-state index contributed by atoms with van der Waals surface area (Å²) in [5.41, 5.74) is 5.80. The van der Waals surface area contributed by atoms with Gasteiger partial charge in [-0.15, -0.1) is 0 Å². The largest absolute Gasteiger partial charge is 0.492 e. The molecule has 0 atom stereocenters. The molecule has 0 aliphatic heterocycles. The van der Waals surface area contributed by atoms with Gasteiger partial charge in [0.15, 0.2) is 0 Å². The van der Waals surface area contributed by atoms with Gasteiger partial charge in [0.1, 0.15) is 18.2 Å². The van der Waals surface area contributed by atoms with Crippen molar-refractivity contribution in [2.45, 2.75) is 34.2 Å². The Morgan fingerprint density at radius 3 is 2.48 bits per heavy atom. The molecule has 1 aromatic heterocycles. The maximum atomic E-state index is 6.04. The van der Waals surface area contributed by atoms with Crippen molar-refractivity contribution in [2.24, 2.45) is 0 Å². The molecule has 0 aliphatic rings. The molecule has 0 bridgehead atoms. The highest BCUT2D eigenvalue weighted by molar-refractivity contribution is 6.31. The Bertz CT molecular complexity index is 867. The normalized spacial score (nSPS) is 11.2. The van der Waals surface area contributed by atoms with Crippen molar-refractivity contribution in [3.8, 4) is 5.75 Å². The van der Waals surface area contributed by atoms with Gasteiger partial charge in [-0.05, 0) is 74.7 Å². The molecule has 23 heavy (non-hydrogen) atoms. The molecule has 0 saturated heterocycles. The van der Waals surface area contributed by atoms with E-state index in [1.807, 2.05) is 32.0 Å². The summed E-state index contributed by atoms with van der Waals surface area (Å²) in [6.07, 6.45) is 0. The smallest absolute Gasteiger partial charge is 0.119 e. The number of hydrogen-bond donors (Lipinski definition) is 0. The first kappa shape index (κ1) is 15.9. The first-order valence-electron chi connectivity index (χ1n) is 7.79. The fraction of sp³-hybridized carbons (Fsp3) is 0.316. The molecule has 3 nitrogen and oxygen atoms in total. The van der Waals surface area contributed by atoms with Crippen LogP contribution < -0.4 is 4.74 Å². The number of halogens is 1. The van der Waals surface area contributed by atoms with E-state index in [4.69, 9.17) is 16.3 Å². The van der Waals surface area contributed by atoms with E-state index >= 15 is 0 Å². The van der Waals surface area contributed by atoms with Crippen LogP contribution in [0.2, 0.25) is 5.02 Å². The molecular weight excluding hydrogens is 308 g/mol. The number of fused-ring (bicyclic) bond motifs is 1. The molecule has 0 aliphatic carbocycles. The number of nitrogens with zero attached hydrogens (tertiary/aromatic N) is 2. The number of aromatic nitrogens is 2. The Balaban J connectivity index is 1.77. The average Bonchev–Trinajstić information content (AvgIpc) is 2.79. The van der Waals surface area contributed by atoms with Gasteiger partial charge >= 0.3 is 0 Å². The molecule has 0 N–H and O–H groups in total. The van der Waals surface area contributed by atoms with E-state index in [1.165, 1.54) is 16.6 Å². The highest BCUT2D eigenvalue weighted by Crippen LogP contribution is 2.22. The summed E-state index contributed by atoms with van der Waals surface area (Å²) in [6, 6.07) is 10.1. The molecular formula is C19H21ClN2O. The fourth-order valence-electron chi connectivity index (χ4n) is 2.74. The second-order valence-electron chi connectivity index (χ2n) is 6.00. The molecule has 3 aromatic rings. The highest BCUT2D eigenvalue weighted by atomic mass is 35.5. The molecule has 0 radical (unpaired) electrons. The zero-order valence-corrected chi connectivity index (χ0v) is 14.7. The lowest BCUT2D eigenvalue weighted by atomic mass is 10.1. The van der Waals surface area contributed by atoms with Crippen LogP contribution in [0.1, 0.15) is 22.5 Å². The third-order valence-corrected chi connectivity index (χ3v) is 4.69. The Morgan fingerprint density at radius 2 is 1.74 bits per heavy atom. The van der Waals surface area contributed by atoms with E-state index in [9.17, 15) is 0 Å². The van der Waals surface area contributed by atoms with Gasteiger partial charge in [0.2, 0.25) is 0 Å². The van der Waals surface area contributed by atoms with Crippen LogP contribution in [-0.2, 0) is 6.54 Å². The monoisotopic (exact) mass is 328 g/mol. The quantitative estimate of drug-likeness (QED) is 0.673. The minimum Gasteiger partial charge on any atom is -0.492 e. The van der Waals surface area contributed by atoms with E-state index in [2.05, 4.69) is 35.5 Å². The zero-order chi connectivity index (χ0) is 16.6. The maximum absolute atomic E-state index is 6.04. The van der Waals surface area contributed by atoms with Crippen molar-refractivity contribution in [1.29, 1.82) is 0 Å². The van der Waals surface area contributed by atoms with Gasteiger partial charge in [0.25, 0.3) is 0 Å². The van der Waals surface area contributed by atoms with Crippen molar-refractivity contribution in [3.05, 3.63) is 57.9 Å². The third kappa shape index (κ3) is 3.20. The first-order valence-corrected chi connectivity index (χ1v) is 8.16. The fourth-order valence-corrected chi connectivity index (χ4v) is 2.86. The molecule has 0 fully saturated rings. The van der Waals surface area contributed by atoms with E-state index in [0.717, 1.165) is 34.2 Å². The second kappa shape index (κ2) is 6.25. The van der Waals surface area contributed by atoms with E-state index in [1.54, 1.807) is 0 Å². The van der Waals surface area contributed by atoms with Crippen molar-refractivity contribution >= 4 is 22.6 Å². The van der Waals surface area contributed by atoms with Gasteiger partial charge in [0.05, 0.1) is 17.6 Å². The van der Waals surface area contributed by atoms with Crippen molar-refractivity contribution in [2.75, 3.05) is 6.61 Å². The molecule has 0 spiro atoms. The van der Waals surface area contributed by atoms with Gasteiger partial charge in [-0.2, -0.15) is 0 Å². The Labute approximate surface area is 141 Å². The van der Waals surface area contributed by atoms with Gasteiger partial charge in [-0.1, -0.05) is 11.6 Å².